The molecule has 0 saturated heterocycles. The van der Waals surface area contributed by atoms with Crippen LogP contribution in [0.2, 0.25) is 0 Å². The molecule has 1 N–H and O–H groups in total. The van der Waals surface area contributed by atoms with E-state index in [1.807, 2.05) is 35.1 Å². The van der Waals surface area contributed by atoms with Crippen LogP contribution in [0.4, 0.5) is 5.95 Å². The number of hydrogen-bond acceptors (Lipinski definition) is 4. The highest BCUT2D eigenvalue weighted by Crippen LogP contribution is 2.32. The van der Waals surface area contributed by atoms with Gasteiger partial charge in [-0.3, -0.25) is 0 Å². The highest BCUT2D eigenvalue weighted by molar-refractivity contribution is 5.81. The molecule has 1 aliphatic rings. The quantitative estimate of drug-likeness (QED) is 0.779. The van der Waals surface area contributed by atoms with Crippen LogP contribution >= 0.6 is 0 Å². The Balaban J connectivity index is 1.78. The smallest absolute Gasteiger partial charge is 0.223 e. The van der Waals surface area contributed by atoms with E-state index in [-0.39, 0.29) is 0 Å². The van der Waals surface area contributed by atoms with Gasteiger partial charge in [-0.15, -0.1) is 0 Å². The summed E-state index contributed by atoms with van der Waals surface area (Å²) in [7, 11) is 0. The molecule has 0 atom stereocenters. The summed E-state index contributed by atoms with van der Waals surface area (Å²) in [6.45, 7) is 4.34. The number of anilines is 1. The van der Waals surface area contributed by atoms with Gasteiger partial charge in [0, 0.05) is 24.0 Å². The van der Waals surface area contributed by atoms with Crippen molar-refractivity contribution < 1.29 is 0 Å². The molecule has 3 heterocycles. The molecule has 0 radical (unpaired) electrons. The Labute approximate surface area is 142 Å². The molecule has 0 unspecified atom stereocenters. The lowest BCUT2D eigenvalue weighted by Gasteiger charge is -2.12. The van der Waals surface area contributed by atoms with Crippen molar-refractivity contribution in [1.29, 1.82) is 0 Å². The third kappa shape index (κ3) is 2.75. The molecule has 3 aromatic rings. The van der Waals surface area contributed by atoms with Crippen LogP contribution in [0.1, 0.15) is 51.1 Å². The Morgan fingerprint density at radius 1 is 1.17 bits per heavy atom. The van der Waals surface area contributed by atoms with E-state index in [1.54, 1.807) is 0 Å². The van der Waals surface area contributed by atoms with Crippen molar-refractivity contribution in [1.82, 2.24) is 19.6 Å². The highest BCUT2D eigenvalue weighted by Gasteiger charge is 2.20. The van der Waals surface area contributed by atoms with E-state index in [4.69, 9.17) is 10.1 Å². The first-order valence-corrected chi connectivity index (χ1v) is 8.79. The molecule has 0 bridgehead atoms. The molecule has 3 aromatic heterocycles. The Hall–Kier alpha value is -2.43. The van der Waals surface area contributed by atoms with E-state index in [2.05, 4.69) is 30.2 Å². The third-order valence-corrected chi connectivity index (χ3v) is 4.71. The van der Waals surface area contributed by atoms with Crippen molar-refractivity contribution in [2.75, 3.05) is 5.32 Å². The molecule has 0 aromatic carbocycles. The van der Waals surface area contributed by atoms with Crippen molar-refractivity contribution in [3.63, 3.8) is 0 Å². The maximum absolute atomic E-state index is 4.80. The minimum Gasteiger partial charge on any atom is -0.351 e. The van der Waals surface area contributed by atoms with Crippen LogP contribution in [-0.4, -0.2) is 25.6 Å². The zero-order valence-corrected chi connectivity index (χ0v) is 14.2. The largest absolute Gasteiger partial charge is 0.351 e. The van der Waals surface area contributed by atoms with Gasteiger partial charge in [-0.05, 0) is 37.0 Å². The number of fused-ring (bicyclic) bond motifs is 1. The summed E-state index contributed by atoms with van der Waals surface area (Å²) >= 11 is 0. The third-order valence-electron chi connectivity index (χ3n) is 4.71. The van der Waals surface area contributed by atoms with E-state index in [0.717, 1.165) is 28.4 Å². The van der Waals surface area contributed by atoms with Gasteiger partial charge in [0.15, 0.2) is 0 Å². The molecule has 24 heavy (non-hydrogen) atoms. The van der Waals surface area contributed by atoms with Gasteiger partial charge in [0.1, 0.15) is 0 Å². The van der Waals surface area contributed by atoms with Gasteiger partial charge >= 0.3 is 0 Å². The van der Waals surface area contributed by atoms with E-state index < -0.39 is 0 Å². The van der Waals surface area contributed by atoms with Crippen LogP contribution < -0.4 is 5.32 Å². The Bertz CT molecular complexity index is 846. The Morgan fingerprint density at radius 3 is 2.79 bits per heavy atom. The summed E-state index contributed by atoms with van der Waals surface area (Å²) in [6, 6.07) is 8.63. The van der Waals surface area contributed by atoms with Crippen LogP contribution in [0.15, 0.2) is 36.7 Å². The van der Waals surface area contributed by atoms with E-state index >= 15 is 0 Å². The predicted molar refractivity (Wildman–Crippen MR) is 96.2 cm³/mol. The number of rotatable bonds is 4. The fourth-order valence-corrected chi connectivity index (χ4v) is 3.50. The van der Waals surface area contributed by atoms with Gasteiger partial charge in [-0.25, -0.2) is 14.5 Å². The predicted octanol–water partition coefficient (Wildman–Crippen LogP) is 4.27. The summed E-state index contributed by atoms with van der Waals surface area (Å²) < 4.78 is 1.94. The topological polar surface area (TPSA) is 55.1 Å². The molecule has 0 amide bonds. The minimum absolute atomic E-state index is 0.334. The van der Waals surface area contributed by atoms with Crippen LogP contribution in [0.3, 0.4) is 0 Å². The summed E-state index contributed by atoms with van der Waals surface area (Å²) in [6.07, 6.45) is 8.84. The summed E-state index contributed by atoms with van der Waals surface area (Å²) in [5.41, 5.74) is 4.22. The second-order valence-corrected chi connectivity index (χ2v) is 6.84. The lowest BCUT2D eigenvalue weighted by atomic mass is 10.0. The first kappa shape index (κ1) is 15.1. The maximum atomic E-state index is 4.80. The van der Waals surface area contributed by atoms with E-state index in [1.165, 1.54) is 25.7 Å². The molecular formula is C19H23N5. The minimum atomic E-state index is 0.334. The lowest BCUT2D eigenvalue weighted by molar-refractivity contribution is 0.744. The number of aromatic nitrogens is 4. The monoisotopic (exact) mass is 321 g/mol. The zero-order chi connectivity index (χ0) is 16.5. The zero-order valence-electron chi connectivity index (χ0n) is 14.2. The van der Waals surface area contributed by atoms with Crippen LogP contribution in [0.25, 0.3) is 16.8 Å². The normalized spacial score (nSPS) is 15.5. The first-order valence-electron chi connectivity index (χ1n) is 8.79. The standard InChI is InChI=1S/C19H23N5/c1-13(2)18-17(16-9-5-6-12-24(16)23-18)15-10-11-20-19(22-15)21-14-7-3-4-8-14/h5-6,9-14H,3-4,7-8H2,1-2H3,(H,20,21,22). The van der Waals surface area contributed by atoms with Gasteiger partial charge in [-0.1, -0.05) is 32.8 Å². The Morgan fingerprint density at radius 2 is 2.00 bits per heavy atom. The van der Waals surface area contributed by atoms with Crippen LogP contribution in [-0.2, 0) is 0 Å². The fraction of sp³-hybridized carbons (Fsp3) is 0.421. The fourth-order valence-electron chi connectivity index (χ4n) is 3.50. The lowest BCUT2D eigenvalue weighted by Crippen LogP contribution is -2.16. The SMILES string of the molecule is CC(C)c1nn2ccccc2c1-c1ccnc(NC2CCCC2)n1. The van der Waals surface area contributed by atoms with Crippen molar-refractivity contribution in [3.8, 4) is 11.3 Å². The summed E-state index contributed by atoms with van der Waals surface area (Å²) in [4.78, 5) is 9.21. The molecule has 0 aliphatic heterocycles. The number of hydrogen-bond donors (Lipinski definition) is 1. The van der Waals surface area contributed by atoms with Crippen molar-refractivity contribution in [2.24, 2.45) is 0 Å². The van der Waals surface area contributed by atoms with Crippen LogP contribution in [0.5, 0.6) is 0 Å². The molecule has 1 aliphatic carbocycles. The molecule has 1 fully saturated rings. The van der Waals surface area contributed by atoms with Gasteiger partial charge in [-0.2, -0.15) is 5.10 Å². The van der Waals surface area contributed by atoms with Crippen molar-refractivity contribution in [3.05, 3.63) is 42.4 Å². The van der Waals surface area contributed by atoms with Crippen LogP contribution in [0, 0.1) is 0 Å². The molecule has 5 heteroatoms. The molecule has 4 rings (SSSR count). The highest BCUT2D eigenvalue weighted by atomic mass is 15.2. The van der Waals surface area contributed by atoms with E-state index in [9.17, 15) is 0 Å². The Kier molecular flexibility index (Phi) is 3.92. The van der Waals surface area contributed by atoms with Crippen molar-refractivity contribution in [2.45, 2.75) is 51.5 Å². The van der Waals surface area contributed by atoms with Gasteiger partial charge in [0.2, 0.25) is 5.95 Å². The van der Waals surface area contributed by atoms with Gasteiger partial charge in [0.25, 0.3) is 0 Å². The van der Waals surface area contributed by atoms with E-state index in [0.29, 0.717) is 12.0 Å². The molecule has 0 spiro atoms. The molecule has 1 saturated carbocycles. The maximum Gasteiger partial charge on any atom is 0.223 e. The number of nitrogens with zero attached hydrogens (tertiary/aromatic N) is 4. The first-order chi connectivity index (χ1) is 11.7. The number of pyridine rings is 1. The molecule has 124 valence electrons. The average Bonchev–Trinajstić information content (AvgIpc) is 3.22. The second-order valence-electron chi connectivity index (χ2n) is 6.84. The summed E-state index contributed by atoms with van der Waals surface area (Å²) in [5, 5.41) is 8.25. The molecule has 5 nitrogen and oxygen atoms in total. The molecular weight excluding hydrogens is 298 g/mol. The average molecular weight is 321 g/mol. The summed E-state index contributed by atoms with van der Waals surface area (Å²) in [5.74, 6) is 1.06. The second kappa shape index (κ2) is 6.23. The van der Waals surface area contributed by atoms with Crippen molar-refractivity contribution >= 4 is 11.5 Å². The number of nitrogens with one attached hydrogen (secondary N) is 1. The van der Waals surface area contributed by atoms with Gasteiger partial charge < -0.3 is 5.32 Å². The van der Waals surface area contributed by atoms with Gasteiger partial charge in [0.05, 0.1) is 16.9 Å².